The Labute approximate surface area is 199 Å². The Hall–Kier alpha value is -1.96. The fourth-order valence-corrected chi connectivity index (χ4v) is 4.37. The van der Waals surface area contributed by atoms with Gasteiger partial charge in [-0.3, -0.25) is 19.3 Å². The van der Waals surface area contributed by atoms with E-state index in [1.165, 1.54) is 0 Å². The summed E-state index contributed by atoms with van der Waals surface area (Å²) in [6.45, 7) is 13.9. The van der Waals surface area contributed by atoms with Crippen molar-refractivity contribution in [2.45, 2.75) is 91.9 Å². The monoisotopic (exact) mass is 468 g/mol. The minimum absolute atomic E-state index is 0.0405. The Kier molecular flexibility index (Phi) is 12.0. The first-order valence-electron chi connectivity index (χ1n) is 12.3. The number of alkyl halides is 1. The molecule has 7 nitrogen and oxygen atoms in total. The van der Waals surface area contributed by atoms with Crippen LogP contribution in [0, 0.1) is 11.8 Å². The van der Waals surface area contributed by atoms with Gasteiger partial charge in [-0.1, -0.05) is 40.2 Å². The molecule has 8 heteroatoms. The normalized spacial score (nSPS) is 19.5. The van der Waals surface area contributed by atoms with E-state index in [1.54, 1.807) is 24.9 Å². The van der Waals surface area contributed by atoms with Crippen LogP contribution >= 0.6 is 0 Å². The molecule has 0 saturated carbocycles. The molecule has 1 heterocycles. The van der Waals surface area contributed by atoms with E-state index < -0.39 is 12.7 Å². The maximum atomic E-state index is 13.5. The largest absolute Gasteiger partial charge is 0.350 e. The number of carbonyl (C=O) groups excluding carboxylic acids is 3. The molecule has 0 spiro atoms. The van der Waals surface area contributed by atoms with E-state index in [0.29, 0.717) is 5.57 Å². The van der Waals surface area contributed by atoms with Gasteiger partial charge in [0.1, 0.15) is 12.7 Å². The molecule has 1 aliphatic rings. The van der Waals surface area contributed by atoms with Crippen LogP contribution in [0.5, 0.6) is 0 Å². The predicted octanol–water partition coefficient (Wildman–Crippen LogP) is 2.91. The van der Waals surface area contributed by atoms with Gasteiger partial charge in [-0.15, -0.1) is 0 Å². The summed E-state index contributed by atoms with van der Waals surface area (Å²) >= 11 is 0. The predicted molar refractivity (Wildman–Crippen MR) is 130 cm³/mol. The van der Waals surface area contributed by atoms with Crippen LogP contribution < -0.4 is 10.6 Å². The Balaban J connectivity index is 3.03. The maximum absolute atomic E-state index is 13.5. The second-order valence-electron chi connectivity index (χ2n) is 10.1. The first-order chi connectivity index (χ1) is 15.4. The highest BCUT2D eigenvalue weighted by molar-refractivity contribution is 5.93. The zero-order chi connectivity index (χ0) is 25.3. The van der Waals surface area contributed by atoms with Gasteiger partial charge in [0.05, 0.1) is 12.1 Å². The Bertz CT molecular complexity index is 693. The number of likely N-dealkylation sites (N-methyl/N-ethyl adjacent to an activating group) is 1. The number of hydrogen-bond donors (Lipinski definition) is 2. The van der Waals surface area contributed by atoms with Crippen LogP contribution in [0.25, 0.3) is 0 Å². The molecule has 0 aliphatic carbocycles. The van der Waals surface area contributed by atoms with Gasteiger partial charge in [0, 0.05) is 25.2 Å². The molecule has 0 radical (unpaired) electrons. The van der Waals surface area contributed by atoms with Crippen molar-refractivity contribution >= 4 is 17.7 Å². The summed E-state index contributed by atoms with van der Waals surface area (Å²) in [4.78, 5) is 42.7. The molecule has 0 aromatic carbocycles. The highest BCUT2D eigenvalue weighted by Crippen LogP contribution is 2.21. The third-order valence-corrected chi connectivity index (χ3v) is 6.38. The third-order valence-electron chi connectivity index (χ3n) is 6.38. The highest BCUT2D eigenvalue weighted by atomic mass is 19.1. The SMILES string of the molecule is C/C(=C\[C@H](C(C)C)N(C)C(=O)C(NC(=O)C1CCCCN1C(C)C)C(C)C)C(=O)NCCF. The summed E-state index contributed by atoms with van der Waals surface area (Å²) < 4.78 is 12.4. The first-order valence-corrected chi connectivity index (χ1v) is 12.3. The lowest BCUT2D eigenvalue weighted by Crippen LogP contribution is -2.58. The standard InChI is InChI=1S/C25H45FN4O3/c1-16(2)21(15-19(7)23(31)27-13-12-26)29(8)25(33)22(17(3)4)28-24(32)20-11-9-10-14-30(20)18(5)6/h15-18,20-22H,9-14H2,1-8H3,(H,27,31)(H,28,32)/b19-15+/t20?,21-,22?/m1/s1. The van der Waals surface area contributed by atoms with Crippen LogP contribution in [-0.4, -0.2) is 78.5 Å². The molecule has 2 unspecified atom stereocenters. The summed E-state index contributed by atoms with van der Waals surface area (Å²) in [5.41, 5.74) is 0.432. The number of piperidine rings is 1. The van der Waals surface area contributed by atoms with E-state index in [1.807, 2.05) is 27.7 Å². The van der Waals surface area contributed by atoms with E-state index in [0.717, 1.165) is 25.8 Å². The average molecular weight is 469 g/mol. The molecule has 1 aliphatic heterocycles. The molecule has 1 saturated heterocycles. The second-order valence-corrected chi connectivity index (χ2v) is 10.1. The number of nitrogens with zero attached hydrogens (tertiary/aromatic N) is 2. The minimum Gasteiger partial charge on any atom is -0.350 e. The molecular formula is C25H45FN4O3. The van der Waals surface area contributed by atoms with Crippen molar-refractivity contribution in [3.8, 4) is 0 Å². The molecule has 0 aromatic heterocycles. The topological polar surface area (TPSA) is 81.8 Å². The van der Waals surface area contributed by atoms with Crippen LogP contribution in [0.1, 0.15) is 67.7 Å². The van der Waals surface area contributed by atoms with Crippen molar-refractivity contribution in [1.29, 1.82) is 0 Å². The van der Waals surface area contributed by atoms with Crippen LogP contribution in [-0.2, 0) is 14.4 Å². The van der Waals surface area contributed by atoms with Crippen molar-refractivity contribution in [2.75, 3.05) is 26.8 Å². The van der Waals surface area contributed by atoms with E-state index in [4.69, 9.17) is 0 Å². The molecular weight excluding hydrogens is 423 g/mol. The number of nitrogens with one attached hydrogen (secondary N) is 2. The third kappa shape index (κ3) is 8.40. The molecule has 33 heavy (non-hydrogen) atoms. The Morgan fingerprint density at radius 3 is 2.24 bits per heavy atom. The molecule has 0 bridgehead atoms. The summed E-state index contributed by atoms with van der Waals surface area (Å²) in [6, 6.07) is -0.957. The molecule has 3 atom stereocenters. The second kappa shape index (κ2) is 13.7. The summed E-state index contributed by atoms with van der Waals surface area (Å²) in [5, 5.41) is 5.55. The van der Waals surface area contributed by atoms with Crippen molar-refractivity contribution in [3.05, 3.63) is 11.6 Å². The number of carbonyl (C=O) groups is 3. The van der Waals surface area contributed by atoms with Crippen molar-refractivity contribution in [3.63, 3.8) is 0 Å². The van der Waals surface area contributed by atoms with E-state index >= 15 is 0 Å². The lowest BCUT2D eigenvalue weighted by atomic mass is 9.95. The zero-order valence-electron chi connectivity index (χ0n) is 21.8. The molecule has 3 amide bonds. The maximum Gasteiger partial charge on any atom is 0.246 e. The molecule has 0 aromatic rings. The fourth-order valence-electron chi connectivity index (χ4n) is 4.37. The van der Waals surface area contributed by atoms with E-state index in [2.05, 4.69) is 29.4 Å². The molecule has 1 rings (SSSR count). The van der Waals surface area contributed by atoms with Crippen LogP contribution in [0.15, 0.2) is 11.6 Å². The van der Waals surface area contributed by atoms with Gasteiger partial charge in [0.15, 0.2) is 0 Å². The van der Waals surface area contributed by atoms with Gasteiger partial charge in [-0.25, -0.2) is 4.39 Å². The number of likely N-dealkylation sites (tertiary alicyclic amines) is 1. The van der Waals surface area contributed by atoms with Gasteiger partial charge in [-0.2, -0.15) is 0 Å². The van der Waals surface area contributed by atoms with Crippen molar-refractivity contribution < 1.29 is 18.8 Å². The van der Waals surface area contributed by atoms with Gasteiger partial charge in [0.2, 0.25) is 17.7 Å². The number of halogens is 1. The van der Waals surface area contributed by atoms with Crippen molar-refractivity contribution in [1.82, 2.24) is 20.4 Å². The van der Waals surface area contributed by atoms with Crippen LogP contribution in [0.2, 0.25) is 0 Å². The quantitative estimate of drug-likeness (QED) is 0.457. The first kappa shape index (κ1) is 29.1. The summed E-state index contributed by atoms with van der Waals surface area (Å²) in [7, 11) is 1.71. The highest BCUT2D eigenvalue weighted by Gasteiger charge is 2.35. The lowest BCUT2D eigenvalue weighted by molar-refractivity contribution is -0.140. The molecule has 190 valence electrons. The van der Waals surface area contributed by atoms with Crippen LogP contribution in [0.4, 0.5) is 4.39 Å². The zero-order valence-corrected chi connectivity index (χ0v) is 21.8. The summed E-state index contributed by atoms with van der Waals surface area (Å²) in [5.74, 6) is -0.676. The van der Waals surface area contributed by atoms with Gasteiger partial charge in [-0.05, 0) is 52.0 Å². The number of amides is 3. The Morgan fingerprint density at radius 1 is 1.09 bits per heavy atom. The molecule has 1 fully saturated rings. The number of rotatable bonds is 11. The van der Waals surface area contributed by atoms with Crippen molar-refractivity contribution in [2.24, 2.45) is 11.8 Å². The minimum atomic E-state index is -0.659. The molecule has 2 N–H and O–H groups in total. The average Bonchev–Trinajstić information content (AvgIpc) is 2.77. The number of hydrogen-bond acceptors (Lipinski definition) is 4. The lowest BCUT2D eigenvalue weighted by Gasteiger charge is -2.39. The fraction of sp³-hybridized carbons (Fsp3) is 0.800. The Morgan fingerprint density at radius 2 is 1.73 bits per heavy atom. The van der Waals surface area contributed by atoms with Crippen LogP contribution in [0.3, 0.4) is 0 Å². The summed E-state index contributed by atoms with van der Waals surface area (Å²) in [6.07, 6.45) is 4.63. The smallest absolute Gasteiger partial charge is 0.246 e. The van der Waals surface area contributed by atoms with Gasteiger partial charge >= 0.3 is 0 Å². The van der Waals surface area contributed by atoms with Gasteiger partial charge < -0.3 is 15.5 Å². The van der Waals surface area contributed by atoms with Gasteiger partial charge in [0.25, 0.3) is 0 Å². The van der Waals surface area contributed by atoms with E-state index in [9.17, 15) is 18.8 Å². The van der Waals surface area contributed by atoms with E-state index in [-0.39, 0.29) is 54.2 Å².